The van der Waals surface area contributed by atoms with Crippen LogP contribution in [0, 0.1) is 0 Å². The molecule has 0 amide bonds. The molecule has 0 aliphatic carbocycles. The monoisotopic (exact) mass is 241 g/mol. The normalized spacial score (nSPS) is 11.8. The summed E-state index contributed by atoms with van der Waals surface area (Å²) in [5.41, 5.74) is -0.407. The van der Waals surface area contributed by atoms with E-state index in [2.05, 4.69) is 17.6 Å². The first-order chi connectivity index (χ1) is 6.45. The average molecular weight is 242 g/mol. The molecule has 0 N–H and O–H groups in total. The fourth-order valence-corrected chi connectivity index (χ4v) is 1.38. The predicted molar refractivity (Wildman–Crippen MR) is 51.8 cm³/mol. The molecule has 78 valence electrons. The minimum Gasteiger partial charge on any atom is -0.244 e. The van der Waals surface area contributed by atoms with Crippen LogP contribution in [0.3, 0.4) is 0 Å². The van der Waals surface area contributed by atoms with Crippen LogP contribution in [0.1, 0.15) is 11.1 Å². The number of halogens is 4. The van der Waals surface area contributed by atoms with Gasteiger partial charge in [-0.05, 0) is 23.8 Å². The number of aromatic nitrogens is 1. The van der Waals surface area contributed by atoms with Gasteiger partial charge < -0.3 is 0 Å². The molecule has 1 nitrogen and oxygen atoms in total. The molecular weight excluding hydrogens is 235 g/mol. The van der Waals surface area contributed by atoms with E-state index in [-0.39, 0.29) is 5.15 Å². The van der Waals surface area contributed by atoms with Crippen molar-refractivity contribution >= 4 is 24.2 Å². The maximum atomic E-state index is 12.2. The highest BCUT2D eigenvalue weighted by Crippen LogP contribution is 2.30. The van der Waals surface area contributed by atoms with Crippen molar-refractivity contribution in [2.75, 3.05) is 5.75 Å². The van der Waals surface area contributed by atoms with Gasteiger partial charge in [-0.1, -0.05) is 11.6 Å². The van der Waals surface area contributed by atoms with Crippen molar-refractivity contribution in [1.29, 1.82) is 0 Å². The maximum absolute atomic E-state index is 12.2. The molecule has 0 bridgehead atoms. The Morgan fingerprint density at radius 2 is 2.07 bits per heavy atom. The van der Waals surface area contributed by atoms with Crippen LogP contribution in [0.4, 0.5) is 13.2 Å². The molecule has 6 heteroatoms. The molecule has 0 aliphatic rings. The third kappa shape index (κ3) is 2.78. The molecule has 0 aromatic carbocycles. The first kappa shape index (κ1) is 11.7. The lowest BCUT2D eigenvalue weighted by atomic mass is 10.1. The van der Waals surface area contributed by atoms with Gasteiger partial charge in [0.25, 0.3) is 0 Å². The van der Waals surface area contributed by atoms with Gasteiger partial charge in [-0.25, -0.2) is 4.98 Å². The van der Waals surface area contributed by atoms with Gasteiger partial charge in [0.2, 0.25) is 0 Å². The first-order valence-corrected chi connectivity index (χ1v) is 4.78. The zero-order valence-electron chi connectivity index (χ0n) is 6.98. The van der Waals surface area contributed by atoms with Crippen LogP contribution in [0.2, 0.25) is 5.15 Å². The zero-order valence-corrected chi connectivity index (χ0v) is 8.63. The summed E-state index contributed by atoms with van der Waals surface area (Å²) >= 11 is 9.53. The Morgan fingerprint density at radius 3 is 2.57 bits per heavy atom. The Morgan fingerprint density at radius 1 is 1.43 bits per heavy atom. The van der Waals surface area contributed by atoms with Crippen molar-refractivity contribution in [2.24, 2.45) is 0 Å². The summed E-state index contributed by atoms with van der Waals surface area (Å²) in [5.74, 6) is 0.433. The molecule has 1 aromatic rings. The molecule has 0 radical (unpaired) electrons. The van der Waals surface area contributed by atoms with E-state index < -0.39 is 11.7 Å². The molecule has 0 fully saturated rings. The Bertz CT molecular complexity index is 327. The fraction of sp³-hybridized carbons (Fsp3) is 0.375. The quantitative estimate of drug-likeness (QED) is 0.620. The van der Waals surface area contributed by atoms with Crippen molar-refractivity contribution in [3.63, 3.8) is 0 Å². The lowest BCUT2D eigenvalue weighted by Crippen LogP contribution is -2.07. The molecule has 1 heterocycles. The van der Waals surface area contributed by atoms with Crippen LogP contribution >= 0.6 is 24.2 Å². The Labute approximate surface area is 89.7 Å². The average Bonchev–Trinajstić information content (AvgIpc) is 2.07. The highest BCUT2D eigenvalue weighted by molar-refractivity contribution is 7.80. The number of hydrogen-bond donors (Lipinski definition) is 1. The zero-order chi connectivity index (χ0) is 10.8. The van der Waals surface area contributed by atoms with Gasteiger partial charge >= 0.3 is 6.18 Å². The molecule has 0 atom stereocenters. The number of nitrogens with zero attached hydrogens (tertiary/aromatic N) is 1. The minimum absolute atomic E-state index is 0.104. The van der Waals surface area contributed by atoms with E-state index in [1.807, 2.05) is 0 Å². The molecule has 1 aromatic heterocycles. The lowest BCUT2D eigenvalue weighted by Gasteiger charge is -2.08. The van der Waals surface area contributed by atoms with Gasteiger partial charge in [0.15, 0.2) is 0 Å². The minimum atomic E-state index is -4.37. The first-order valence-electron chi connectivity index (χ1n) is 3.77. The summed E-state index contributed by atoms with van der Waals surface area (Å²) in [5, 5.41) is 0.104. The molecule has 0 saturated heterocycles. The van der Waals surface area contributed by atoms with Crippen LogP contribution in [0.15, 0.2) is 12.3 Å². The van der Waals surface area contributed by atoms with Crippen molar-refractivity contribution in [1.82, 2.24) is 4.98 Å². The van der Waals surface area contributed by atoms with E-state index in [1.54, 1.807) is 0 Å². The van der Waals surface area contributed by atoms with E-state index in [1.165, 1.54) is 0 Å². The highest BCUT2D eigenvalue weighted by Gasteiger charge is 2.31. The predicted octanol–water partition coefficient (Wildman–Crippen LogP) is 3.23. The summed E-state index contributed by atoms with van der Waals surface area (Å²) in [6, 6.07) is 1.01. The number of rotatable bonds is 2. The molecular formula is C8H7ClF3NS. The molecule has 0 spiro atoms. The van der Waals surface area contributed by atoms with Crippen molar-refractivity contribution in [3.05, 3.63) is 28.5 Å². The highest BCUT2D eigenvalue weighted by atomic mass is 35.5. The van der Waals surface area contributed by atoms with Crippen LogP contribution in [0.25, 0.3) is 0 Å². The summed E-state index contributed by atoms with van der Waals surface area (Å²) in [7, 11) is 0. The summed E-state index contributed by atoms with van der Waals surface area (Å²) in [6.07, 6.45) is -3.27. The van der Waals surface area contributed by atoms with E-state index in [4.69, 9.17) is 11.6 Å². The Balaban J connectivity index is 3.06. The van der Waals surface area contributed by atoms with E-state index in [0.29, 0.717) is 17.7 Å². The van der Waals surface area contributed by atoms with Crippen LogP contribution in [-0.4, -0.2) is 10.7 Å². The number of hydrogen-bond acceptors (Lipinski definition) is 2. The third-order valence-electron chi connectivity index (χ3n) is 1.62. The number of pyridine rings is 1. The third-order valence-corrected chi connectivity index (χ3v) is 2.18. The molecule has 0 saturated carbocycles. The largest absolute Gasteiger partial charge is 0.417 e. The molecule has 1 rings (SSSR count). The van der Waals surface area contributed by atoms with Gasteiger partial charge in [-0.15, -0.1) is 0 Å². The maximum Gasteiger partial charge on any atom is 0.417 e. The summed E-state index contributed by atoms with van der Waals surface area (Å²) in [6.45, 7) is 0. The van der Waals surface area contributed by atoms with E-state index >= 15 is 0 Å². The van der Waals surface area contributed by atoms with Crippen molar-refractivity contribution in [2.45, 2.75) is 12.6 Å². The van der Waals surface area contributed by atoms with Crippen LogP contribution in [-0.2, 0) is 12.6 Å². The van der Waals surface area contributed by atoms with Gasteiger partial charge in [0.05, 0.1) is 5.56 Å². The van der Waals surface area contributed by atoms with E-state index in [9.17, 15) is 13.2 Å². The SMILES string of the molecule is FC(F)(F)c1cnc(Cl)c(CCS)c1. The standard InChI is InChI=1S/C8H7ClF3NS/c9-7-5(1-2-14)3-6(4-13-7)8(10,11)12/h3-4,14H,1-2H2. The van der Waals surface area contributed by atoms with Crippen LogP contribution in [0.5, 0.6) is 0 Å². The second kappa shape index (κ2) is 4.40. The second-order valence-electron chi connectivity index (χ2n) is 2.65. The van der Waals surface area contributed by atoms with Gasteiger partial charge in [0.1, 0.15) is 5.15 Å². The van der Waals surface area contributed by atoms with E-state index in [0.717, 1.165) is 12.3 Å². The fourth-order valence-electron chi connectivity index (χ4n) is 0.944. The van der Waals surface area contributed by atoms with Gasteiger partial charge in [0, 0.05) is 6.20 Å². The van der Waals surface area contributed by atoms with Gasteiger partial charge in [-0.3, -0.25) is 0 Å². The summed E-state index contributed by atoms with van der Waals surface area (Å²) in [4.78, 5) is 3.48. The Kier molecular flexibility index (Phi) is 3.66. The second-order valence-corrected chi connectivity index (χ2v) is 3.45. The van der Waals surface area contributed by atoms with Crippen LogP contribution < -0.4 is 0 Å². The number of aryl methyl sites for hydroxylation is 1. The lowest BCUT2D eigenvalue weighted by molar-refractivity contribution is -0.137. The summed E-state index contributed by atoms with van der Waals surface area (Å²) < 4.78 is 36.7. The smallest absolute Gasteiger partial charge is 0.244 e. The van der Waals surface area contributed by atoms with Crippen molar-refractivity contribution in [3.8, 4) is 0 Å². The molecule has 0 aliphatic heterocycles. The Hall–Kier alpha value is -0.420. The van der Waals surface area contributed by atoms with Gasteiger partial charge in [-0.2, -0.15) is 25.8 Å². The van der Waals surface area contributed by atoms with Crippen molar-refractivity contribution < 1.29 is 13.2 Å². The topological polar surface area (TPSA) is 12.9 Å². The number of thiol groups is 1. The molecule has 0 unspecified atom stereocenters. The number of alkyl halides is 3. The molecule has 14 heavy (non-hydrogen) atoms.